The second-order valence-corrected chi connectivity index (χ2v) is 25.8. The van der Waals surface area contributed by atoms with Crippen LogP contribution in [0.15, 0.2) is 10.3 Å². The highest BCUT2D eigenvalue weighted by molar-refractivity contribution is 5.86. The van der Waals surface area contributed by atoms with Gasteiger partial charge >= 0.3 is 0 Å². The van der Waals surface area contributed by atoms with E-state index in [1.807, 2.05) is 48.5 Å². The average Bonchev–Trinajstić information content (AvgIpc) is 2.93. The number of nitrogens with one attached hydrogen (secondary N) is 2. The number of hydrogen-bond acceptors (Lipinski definition) is 9. The Labute approximate surface area is 372 Å². The highest BCUT2D eigenvalue weighted by Crippen LogP contribution is 2.44. The first-order chi connectivity index (χ1) is 26.5. The molecule has 0 atom stereocenters. The van der Waals surface area contributed by atoms with E-state index in [4.69, 9.17) is 19.4 Å². The van der Waals surface area contributed by atoms with Gasteiger partial charge in [-0.15, -0.1) is 0 Å². The molecule has 5 aliphatic rings. The molecule has 5 rings (SSSR count). The summed E-state index contributed by atoms with van der Waals surface area (Å²) in [6.07, 6.45) is 0. The Bertz CT molecular complexity index is 1150. The molecule has 10 heteroatoms. The van der Waals surface area contributed by atoms with E-state index in [-0.39, 0.29) is 29.5 Å². The minimum absolute atomic E-state index is 0.00868. The van der Waals surface area contributed by atoms with E-state index in [0.717, 1.165) is 49.7 Å². The summed E-state index contributed by atoms with van der Waals surface area (Å²) in [6.45, 7) is 63.1. The van der Waals surface area contributed by atoms with Crippen LogP contribution in [0, 0.1) is 60.6 Å². The Balaban J connectivity index is 0. The molecule has 0 aromatic rings. The molecule has 5 saturated heterocycles. The van der Waals surface area contributed by atoms with Gasteiger partial charge in [0.1, 0.15) is 7.11 Å². The lowest BCUT2D eigenvalue weighted by Gasteiger charge is -2.49. The van der Waals surface area contributed by atoms with Gasteiger partial charge in [-0.25, -0.2) is 4.39 Å². The molecule has 5 heterocycles. The summed E-state index contributed by atoms with van der Waals surface area (Å²) >= 11 is 0. The standard InChI is InChI=1S/C8H17N.C8H16O.C7H13FO.C7H15NO.C7H15N.C7H14O.C6H13NO/c2*1-7(2,3)8(4)5-9-6-8;1-6(2,3)7(8)4-9-5-7;1-6(8-9-5)7(2,3)4;2*1-7(2,3)6-4-8-5-6;1-5(7-8)6(2,3)4/h9H,5-6H2,1-4H3;5-6H2,1-4H3;4-5H2,1-3H3;1-5H3;6,8H,4-5H2,1-3H3;6H,4-5H2,1-3H3;8H,1-4H3/b;;;8-6+;;;7-5+. The normalized spacial score (nSPS) is 21.4. The summed E-state index contributed by atoms with van der Waals surface area (Å²) in [5.41, 5.74) is 3.47. The van der Waals surface area contributed by atoms with Crippen molar-refractivity contribution in [3.63, 3.8) is 0 Å². The van der Waals surface area contributed by atoms with Crippen LogP contribution in [-0.4, -0.2) is 95.2 Å². The van der Waals surface area contributed by atoms with Crippen molar-refractivity contribution in [3.8, 4) is 0 Å². The summed E-state index contributed by atoms with van der Waals surface area (Å²) in [5, 5.41) is 21.7. The number of hydrogen-bond donors (Lipinski definition) is 3. The van der Waals surface area contributed by atoms with Crippen molar-refractivity contribution in [2.75, 3.05) is 72.9 Å². The van der Waals surface area contributed by atoms with Crippen molar-refractivity contribution in [2.45, 2.75) is 179 Å². The number of halogens is 1. The molecule has 0 bridgehead atoms. The van der Waals surface area contributed by atoms with Gasteiger partial charge in [0.15, 0.2) is 5.67 Å². The molecule has 9 nitrogen and oxygen atoms in total. The smallest absolute Gasteiger partial charge is 0.162 e. The maximum absolute atomic E-state index is 13.3. The van der Waals surface area contributed by atoms with Gasteiger partial charge in [-0.2, -0.15) is 0 Å². The second kappa shape index (κ2) is 23.6. The highest BCUT2D eigenvalue weighted by atomic mass is 19.1. The Morgan fingerprint density at radius 2 is 0.950 bits per heavy atom. The van der Waals surface area contributed by atoms with Crippen molar-refractivity contribution in [3.05, 3.63) is 0 Å². The molecule has 0 unspecified atom stereocenters. The van der Waals surface area contributed by atoms with E-state index in [0.29, 0.717) is 32.5 Å². The number of rotatable bonds is 1. The molecule has 3 N–H and O–H groups in total. The molecular formula is C50H103FN4O5. The van der Waals surface area contributed by atoms with Gasteiger partial charge < -0.3 is 34.9 Å². The molecule has 0 aliphatic carbocycles. The Kier molecular flexibility index (Phi) is 23.9. The van der Waals surface area contributed by atoms with E-state index in [1.165, 1.54) is 26.2 Å². The third kappa shape index (κ3) is 21.4. The van der Waals surface area contributed by atoms with Crippen molar-refractivity contribution in [2.24, 2.45) is 70.9 Å². The summed E-state index contributed by atoms with van der Waals surface area (Å²) < 4.78 is 28.3. The van der Waals surface area contributed by atoms with Crippen LogP contribution in [0.3, 0.4) is 0 Å². The zero-order valence-corrected chi connectivity index (χ0v) is 44.6. The molecule has 0 aromatic carbocycles. The van der Waals surface area contributed by atoms with Crippen LogP contribution in [0.2, 0.25) is 0 Å². The maximum Gasteiger partial charge on any atom is 0.162 e. The molecule has 5 fully saturated rings. The van der Waals surface area contributed by atoms with Crippen molar-refractivity contribution in [1.29, 1.82) is 0 Å². The molecular weight excluding hydrogens is 756 g/mol. The van der Waals surface area contributed by atoms with Gasteiger partial charge in [0.2, 0.25) is 0 Å². The second-order valence-electron chi connectivity index (χ2n) is 25.8. The van der Waals surface area contributed by atoms with Crippen LogP contribution in [0.1, 0.15) is 173 Å². The summed E-state index contributed by atoms with van der Waals surface area (Å²) in [7, 11) is 1.56. The number of alkyl halides is 1. The van der Waals surface area contributed by atoms with Gasteiger partial charge in [0.25, 0.3) is 0 Å². The largest absolute Gasteiger partial charge is 0.411 e. The molecule has 0 aromatic heterocycles. The predicted octanol–water partition coefficient (Wildman–Crippen LogP) is 12.4. The van der Waals surface area contributed by atoms with Crippen LogP contribution >= 0.6 is 0 Å². The van der Waals surface area contributed by atoms with E-state index in [2.05, 4.69) is 143 Å². The molecule has 360 valence electrons. The summed E-state index contributed by atoms with van der Waals surface area (Å²) in [4.78, 5) is 4.62. The van der Waals surface area contributed by atoms with Gasteiger partial charge in [0.05, 0.1) is 51.1 Å². The zero-order valence-electron chi connectivity index (χ0n) is 44.6. The van der Waals surface area contributed by atoms with Crippen LogP contribution in [-0.2, 0) is 19.0 Å². The van der Waals surface area contributed by atoms with Crippen LogP contribution in [0.25, 0.3) is 0 Å². The third-order valence-corrected chi connectivity index (χ3v) is 13.9. The first kappa shape index (κ1) is 60.8. The van der Waals surface area contributed by atoms with E-state index >= 15 is 0 Å². The fraction of sp³-hybridized carbons (Fsp3) is 0.960. The topological polar surface area (TPSA) is 106 Å². The predicted molar refractivity (Wildman–Crippen MR) is 256 cm³/mol. The first-order valence-corrected chi connectivity index (χ1v) is 22.7. The van der Waals surface area contributed by atoms with Crippen LogP contribution in [0.4, 0.5) is 4.39 Å². The van der Waals surface area contributed by atoms with E-state index in [1.54, 1.807) is 14.0 Å². The Morgan fingerprint density at radius 3 is 0.967 bits per heavy atom. The monoisotopic (exact) mass is 859 g/mol. The summed E-state index contributed by atoms with van der Waals surface area (Å²) in [5.74, 6) is 1.73. The molecule has 0 saturated carbocycles. The Morgan fingerprint density at radius 1 is 0.567 bits per heavy atom. The van der Waals surface area contributed by atoms with Crippen LogP contribution < -0.4 is 10.6 Å². The van der Waals surface area contributed by atoms with E-state index < -0.39 is 5.67 Å². The van der Waals surface area contributed by atoms with Crippen molar-refractivity contribution >= 4 is 11.4 Å². The lowest BCUT2D eigenvalue weighted by atomic mass is 9.64. The average molecular weight is 859 g/mol. The van der Waals surface area contributed by atoms with Gasteiger partial charge in [0, 0.05) is 40.7 Å². The minimum atomic E-state index is -1.06. The van der Waals surface area contributed by atoms with Gasteiger partial charge in [-0.05, 0) is 59.9 Å². The quantitative estimate of drug-likeness (QED) is 0.137. The SMILES string of the molecule is C/C(=N\O)C(C)(C)C.CC(C)(C)C1(C)CNC1.CC(C)(C)C1(C)COC1.CC(C)(C)C1(F)COC1.CC(C)(C)C1CNC1.CC(C)(C)C1COC1.CO/N=C(\C)C(C)(C)C. The lowest BCUT2D eigenvalue weighted by Crippen LogP contribution is -2.58. The van der Waals surface area contributed by atoms with Crippen LogP contribution in [0.5, 0.6) is 0 Å². The third-order valence-electron chi connectivity index (χ3n) is 13.9. The molecule has 5 aliphatic heterocycles. The number of ether oxygens (including phenoxy) is 3. The minimum Gasteiger partial charge on any atom is -0.411 e. The van der Waals surface area contributed by atoms with Gasteiger partial charge in [-0.1, -0.05) is 170 Å². The van der Waals surface area contributed by atoms with Crippen molar-refractivity contribution in [1.82, 2.24) is 10.6 Å². The summed E-state index contributed by atoms with van der Waals surface area (Å²) in [6, 6.07) is 0. The highest BCUT2D eigenvalue weighted by Gasteiger charge is 2.49. The first-order valence-electron chi connectivity index (χ1n) is 22.7. The Hall–Kier alpha value is -1.33. The number of nitrogens with zero attached hydrogens (tertiary/aromatic N) is 2. The number of oxime groups is 2. The molecule has 0 amide bonds. The maximum atomic E-state index is 13.3. The zero-order chi connectivity index (χ0) is 48.0. The lowest BCUT2D eigenvalue weighted by molar-refractivity contribution is -0.182. The van der Waals surface area contributed by atoms with Crippen molar-refractivity contribution < 1.29 is 28.6 Å². The molecule has 60 heavy (non-hydrogen) atoms. The molecule has 0 radical (unpaired) electrons. The fourth-order valence-electron chi connectivity index (χ4n) is 4.65. The fourth-order valence-corrected chi connectivity index (χ4v) is 4.65. The van der Waals surface area contributed by atoms with E-state index in [9.17, 15) is 4.39 Å². The molecule has 0 spiro atoms. The van der Waals surface area contributed by atoms with Gasteiger partial charge in [-0.3, -0.25) is 0 Å².